The molecule has 0 spiro atoms. The first-order valence-electron chi connectivity index (χ1n) is 8.22. The van der Waals surface area contributed by atoms with Crippen LogP contribution in [0.5, 0.6) is 0 Å². The summed E-state index contributed by atoms with van der Waals surface area (Å²) in [6, 6.07) is 15.4. The van der Waals surface area contributed by atoms with E-state index in [2.05, 4.69) is 54.0 Å². The molecule has 3 aromatic rings. The first-order valence-corrected chi connectivity index (χ1v) is 8.22. The van der Waals surface area contributed by atoms with Crippen LogP contribution >= 0.6 is 12.4 Å². The number of hydrogen-bond acceptors (Lipinski definition) is 2. The molecule has 3 rings (SSSR count). The second-order valence-corrected chi connectivity index (χ2v) is 5.93. The minimum atomic E-state index is 0. The van der Waals surface area contributed by atoms with Crippen molar-refractivity contribution in [3.05, 3.63) is 48.0 Å². The number of halogens is 1. The van der Waals surface area contributed by atoms with E-state index in [0.717, 1.165) is 32.4 Å². The predicted octanol–water partition coefficient (Wildman–Crippen LogP) is 4.37. The molecule has 0 fully saturated rings. The van der Waals surface area contributed by atoms with Gasteiger partial charge in [0.25, 0.3) is 0 Å². The zero-order valence-electron chi connectivity index (χ0n) is 13.7. The Bertz CT molecular complexity index is 779. The van der Waals surface area contributed by atoms with Crippen LogP contribution in [0.25, 0.3) is 21.8 Å². The van der Waals surface area contributed by atoms with E-state index in [4.69, 9.17) is 11.5 Å². The quantitative estimate of drug-likeness (QED) is 0.659. The van der Waals surface area contributed by atoms with Gasteiger partial charge in [-0.3, -0.25) is 0 Å². The number of hydrogen-bond donors (Lipinski definition) is 2. The molecular formula is C19H26ClN3. The van der Waals surface area contributed by atoms with Gasteiger partial charge in [0.2, 0.25) is 0 Å². The number of unbranched alkanes of at least 4 members (excludes halogenated alkanes) is 1. The van der Waals surface area contributed by atoms with Crippen molar-refractivity contribution < 1.29 is 0 Å². The van der Waals surface area contributed by atoms with Gasteiger partial charge in [0, 0.05) is 34.4 Å². The average molecular weight is 332 g/mol. The summed E-state index contributed by atoms with van der Waals surface area (Å²) in [5.74, 6) is 0. The second-order valence-electron chi connectivity index (χ2n) is 5.93. The molecule has 1 aromatic heterocycles. The van der Waals surface area contributed by atoms with Crippen molar-refractivity contribution in [2.75, 3.05) is 6.54 Å². The maximum atomic E-state index is 6.36. The van der Waals surface area contributed by atoms with Crippen molar-refractivity contribution in [1.29, 1.82) is 0 Å². The molecule has 0 amide bonds. The lowest BCUT2D eigenvalue weighted by molar-refractivity contribution is 0.591. The van der Waals surface area contributed by atoms with Crippen molar-refractivity contribution in [3.8, 4) is 0 Å². The van der Waals surface area contributed by atoms with Gasteiger partial charge in [-0.15, -0.1) is 12.4 Å². The number of aromatic nitrogens is 1. The van der Waals surface area contributed by atoms with E-state index < -0.39 is 0 Å². The molecule has 0 unspecified atom stereocenters. The summed E-state index contributed by atoms with van der Waals surface area (Å²) in [6.45, 7) is 3.92. The third kappa shape index (κ3) is 3.37. The molecule has 1 atom stereocenters. The Morgan fingerprint density at radius 3 is 2.48 bits per heavy atom. The van der Waals surface area contributed by atoms with Crippen LogP contribution in [0.2, 0.25) is 0 Å². The van der Waals surface area contributed by atoms with Crippen molar-refractivity contribution in [2.24, 2.45) is 11.5 Å². The van der Waals surface area contributed by atoms with E-state index in [-0.39, 0.29) is 18.4 Å². The molecule has 4 heteroatoms. The molecule has 23 heavy (non-hydrogen) atoms. The topological polar surface area (TPSA) is 57.0 Å². The smallest absolute Gasteiger partial charge is 0.0491 e. The lowest BCUT2D eigenvalue weighted by atomic mass is 10.00. The minimum absolute atomic E-state index is 0. The highest BCUT2D eigenvalue weighted by Crippen LogP contribution is 2.31. The van der Waals surface area contributed by atoms with Gasteiger partial charge in [-0.1, -0.05) is 30.7 Å². The van der Waals surface area contributed by atoms with Gasteiger partial charge in [0.15, 0.2) is 0 Å². The highest BCUT2D eigenvalue weighted by molar-refractivity contribution is 6.08. The number of nitrogens with zero attached hydrogens (tertiary/aromatic N) is 1. The summed E-state index contributed by atoms with van der Waals surface area (Å²) in [5.41, 5.74) is 15.7. The molecule has 0 radical (unpaired) electrons. The maximum absolute atomic E-state index is 6.36. The van der Waals surface area contributed by atoms with Crippen LogP contribution in [0.3, 0.4) is 0 Å². The average Bonchev–Trinajstić information content (AvgIpc) is 2.88. The van der Waals surface area contributed by atoms with Crippen LogP contribution in [0, 0.1) is 0 Å². The summed E-state index contributed by atoms with van der Waals surface area (Å²) in [6.07, 6.45) is 3.13. The molecule has 2 aromatic carbocycles. The van der Waals surface area contributed by atoms with E-state index in [1.807, 2.05) is 0 Å². The van der Waals surface area contributed by atoms with E-state index >= 15 is 0 Å². The number of aryl methyl sites for hydroxylation is 1. The fraction of sp³-hybridized carbons (Fsp3) is 0.368. The van der Waals surface area contributed by atoms with Crippen LogP contribution in [0.4, 0.5) is 0 Å². The van der Waals surface area contributed by atoms with Gasteiger partial charge in [-0.05, 0) is 50.1 Å². The number of nitrogens with two attached hydrogens (primary N) is 2. The second kappa shape index (κ2) is 7.82. The highest BCUT2D eigenvalue weighted by atomic mass is 35.5. The minimum Gasteiger partial charge on any atom is -0.341 e. The molecular weight excluding hydrogens is 306 g/mol. The SMILES string of the molecule is CCn1c2ccccc2c2cc([C@@H](N)CCCCN)ccc21.Cl. The number of para-hydroxylation sites is 1. The molecule has 1 heterocycles. The fourth-order valence-electron chi connectivity index (χ4n) is 3.32. The lowest BCUT2D eigenvalue weighted by Gasteiger charge is -2.12. The standard InChI is InChI=1S/C19H25N3.ClH/c1-2-22-18-9-4-3-7-15(18)16-13-14(10-11-19(16)22)17(21)8-5-6-12-20;/h3-4,7,9-11,13,17H,2,5-6,8,12,20-21H2,1H3;1H/t17-;/m0./s1. The van der Waals surface area contributed by atoms with E-state index in [1.54, 1.807) is 0 Å². The Balaban J connectivity index is 0.00000192. The third-order valence-electron chi connectivity index (χ3n) is 4.51. The summed E-state index contributed by atoms with van der Waals surface area (Å²) < 4.78 is 2.37. The summed E-state index contributed by atoms with van der Waals surface area (Å²) in [4.78, 5) is 0. The molecule has 3 nitrogen and oxygen atoms in total. The zero-order chi connectivity index (χ0) is 15.5. The van der Waals surface area contributed by atoms with Crippen LogP contribution in [0.1, 0.15) is 37.8 Å². The lowest BCUT2D eigenvalue weighted by Crippen LogP contribution is -2.11. The van der Waals surface area contributed by atoms with Gasteiger partial charge in [0.1, 0.15) is 0 Å². The van der Waals surface area contributed by atoms with Gasteiger partial charge >= 0.3 is 0 Å². The molecule has 0 saturated heterocycles. The number of fused-ring (bicyclic) bond motifs is 3. The number of rotatable bonds is 6. The number of benzene rings is 2. The monoisotopic (exact) mass is 331 g/mol. The first kappa shape index (κ1) is 17.8. The largest absolute Gasteiger partial charge is 0.341 e. The molecule has 0 aliphatic carbocycles. The molecule has 0 aliphatic heterocycles. The first-order chi connectivity index (χ1) is 10.8. The molecule has 0 bridgehead atoms. The highest BCUT2D eigenvalue weighted by Gasteiger charge is 2.12. The Hall–Kier alpha value is -1.55. The summed E-state index contributed by atoms with van der Waals surface area (Å²) in [7, 11) is 0. The van der Waals surface area contributed by atoms with Crippen molar-refractivity contribution in [3.63, 3.8) is 0 Å². The summed E-state index contributed by atoms with van der Waals surface area (Å²) >= 11 is 0. The molecule has 0 aliphatic rings. The molecule has 4 N–H and O–H groups in total. The maximum Gasteiger partial charge on any atom is 0.0491 e. The Kier molecular flexibility index (Phi) is 6.05. The van der Waals surface area contributed by atoms with Gasteiger partial charge in [0.05, 0.1) is 0 Å². The van der Waals surface area contributed by atoms with Crippen LogP contribution < -0.4 is 11.5 Å². The Morgan fingerprint density at radius 2 is 1.74 bits per heavy atom. The molecule has 0 saturated carbocycles. The Labute approximate surface area is 144 Å². The van der Waals surface area contributed by atoms with Crippen LogP contribution in [0.15, 0.2) is 42.5 Å². The van der Waals surface area contributed by atoms with Gasteiger partial charge < -0.3 is 16.0 Å². The van der Waals surface area contributed by atoms with Crippen molar-refractivity contribution in [1.82, 2.24) is 4.57 Å². The van der Waals surface area contributed by atoms with E-state index in [1.165, 1.54) is 27.4 Å². The zero-order valence-corrected chi connectivity index (χ0v) is 14.5. The van der Waals surface area contributed by atoms with Crippen molar-refractivity contribution >= 4 is 34.2 Å². The van der Waals surface area contributed by atoms with Crippen molar-refractivity contribution in [2.45, 2.75) is 38.8 Å². The van der Waals surface area contributed by atoms with Gasteiger partial charge in [-0.25, -0.2) is 0 Å². The third-order valence-corrected chi connectivity index (χ3v) is 4.51. The Morgan fingerprint density at radius 1 is 1.00 bits per heavy atom. The summed E-state index contributed by atoms with van der Waals surface area (Å²) in [5, 5.41) is 2.62. The predicted molar refractivity (Wildman–Crippen MR) is 102 cm³/mol. The normalized spacial score (nSPS) is 12.5. The fourth-order valence-corrected chi connectivity index (χ4v) is 3.32. The van der Waals surface area contributed by atoms with E-state index in [0.29, 0.717) is 0 Å². The van der Waals surface area contributed by atoms with Gasteiger partial charge in [-0.2, -0.15) is 0 Å². The van der Waals surface area contributed by atoms with E-state index in [9.17, 15) is 0 Å². The van der Waals surface area contributed by atoms with Crippen LogP contribution in [-0.4, -0.2) is 11.1 Å². The molecule has 124 valence electrons. The van der Waals surface area contributed by atoms with Crippen LogP contribution in [-0.2, 0) is 6.54 Å².